The molecular weight excluding hydrogens is 262 g/mol. The summed E-state index contributed by atoms with van der Waals surface area (Å²) in [5, 5.41) is 13.4. The van der Waals surface area contributed by atoms with Crippen molar-refractivity contribution in [1.29, 1.82) is 5.26 Å². The fraction of sp³-hybridized carbons (Fsp3) is 0.0588. The second-order valence-electron chi connectivity index (χ2n) is 4.89. The highest BCUT2D eigenvalue weighted by atomic mass is 16.5. The molecular formula is C17H11N3O. The first-order valence-electron chi connectivity index (χ1n) is 6.58. The van der Waals surface area contributed by atoms with E-state index in [1.54, 1.807) is 19.5 Å². The van der Waals surface area contributed by atoms with E-state index in [1.165, 1.54) is 0 Å². The largest absolute Gasteiger partial charge is 0.495 e. The van der Waals surface area contributed by atoms with Crippen molar-refractivity contribution in [2.45, 2.75) is 0 Å². The molecule has 0 bridgehead atoms. The van der Waals surface area contributed by atoms with Crippen LogP contribution in [0.2, 0.25) is 0 Å². The monoisotopic (exact) mass is 273 g/mol. The number of pyridine rings is 1. The second-order valence-corrected chi connectivity index (χ2v) is 4.89. The minimum Gasteiger partial charge on any atom is -0.495 e. The smallest absolute Gasteiger partial charge is 0.142 e. The van der Waals surface area contributed by atoms with Gasteiger partial charge in [0.05, 0.1) is 29.8 Å². The third-order valence-corrected chi connectivity index (χ3v) is 3.83. The summed E-state index contributed by atoms with van der Waals surface area (Å²) in [6.45, 7) is 0. The number of nitrogens with zero attached hydrogens (tertiary/aromatic N) is 2. The van der Waals surface area contributed by atoms with Gasteiger partial charge < -0.3 is 9.72 Å². The Bertz CT molecular complexity index is 1040. The topological polar surface area (TPSA) is 61.7 Å². The second kappa shape index (κ2) is 4.22. The number of ether oxygens (including phenoxy) is 1. The van der Waals surface area contributed by atoms with Crippen molar-refractivity contribution in [3.8, 4) is 11.8 Å². The average Bonchev–Trinajstić information content (AvgIpc) is 2.94. The Morgan fingerprint density at radius 2 is 2.10 bits per heavy atom. The van der Waals surface area contributed by atoms with Crippen molar-refractivity contribution >= 4 is 32.6 Å². The van der Waals surface area contributed by atoms with Gasteiger partial charge in [-0.25, -0.2) is 0 Å². The molecule has 4 aromatic rings. The summed E-state index contributed by atoms with van der Waals surface area (Å²) in [6.07, 6.45) is 3.54. The summed E-state index contributed by atoms with van der Waals surface area (Å²) in [5.41, 5.74) is 2.51. The predicted octanol–water partition coefficient (Wildman–Crippen LogP) is 3.75. The Balaban J connectivity index is 2.34. The predicted molar refractivity (Wildman–Crippen MR) is 82.4 cm³/mol. The Hall–Kier alpha value is -3.06. The van der Waals surface area contributed by atoms with Gasteiger partial charge in [0.15, 0.2) is 0 Å². The molecule has 100 valence electrons. The molecule has 0 spiro atoms. The van der Waals surface area contributed by atoms with Gasteiger partial charge >= 0.3 is 0 Å². The molecule has 0 aliphatic rings. The summed E-state index contributed by atoms with van der Waals surface area (Å²) in [5.74, 6) is 0.773. The van der Waals surface area contributed by atoms with Gasteiger partial charge in [0.2, 0.25) is 0 Å². The van der Waals surface area contributed by atoms with Crippen molar-refractivity contribution < 1.29 is 4.74 Å². The summed E-state index contributed by atoms with van der Waals surface area (Å²) < 4.78 is 5.42. The van der Waals surface area contributed by atoms with Crippen molar-refractivity contribution in [2.24, 2.45) is 0 Å². The summed E-state index contributed by atoms with van der Waals surface area (Å²) in [6, 6.07) is 12.0. The highest BCUT2D eigenvalue weighted by molar-refractivity contribution is 6.20. The fourth-order valence-electron chi connectivity index (χ4n) is 2.91. The fourth-order valence-corrected chi connectivity index (χ4v) is 2.91. The first kappa shape index (κ1) is 11.7. The van der Waals surface area contributed by atoms with Crippen LogP contribution in [0.4, 0.5) is 0 Å². The van der Waals surface area contributed by atoms with Crippen molar-refractivity contribution in [3.05, 3.63) is 48.3 Å². The number of aromatic nitrogens is 2. The maximum Gasteiger partial charge on any atom is 0.142 e. The number of benzene rings is 2. The molecule has 2 heterocycles. The highest BCUT2D eigenvalue weighted by Crippen LogP contribution is 2.36. The molecule has 4 heteroatoms. The number of hydrogen-bond acceptors (Lipinski definition) is 3. The van der Waals surface area contributed by atoms with E-state index in [1.807, 2.05) is 30.3 Å². The minimum atomic E-state index is 0.644. The van der Waals surface area contributed by atoms with Crippen LogP contribution in [-0.4, -0.2) is 17.1 Å². The SMILES string of the molecule is COc1cccc2c1[nH]c1c3ccncc3cc(C#N)c21. The lowest BCUT2D eigenvalue weighted by atomic mass is 10.0. The number of rotatable bonds is 1. The third kappa shape index (κ3) is 1.52. The van der Waals surface area contributed by atoms with E-state index in [0.29, 0.717) is 5.56 Å². The maximum atomic E-state index is 9.48. The Morgan fingerprint density at radius 3 is 2.90 bits per heavy atom. The number of para-hydroxylation sites is 1. The van der Waals surface area contributed by atoms with Gasteiger partial charge in [-0.3, -0.25) is 4.98 Å². The number of methoxy groups -OCH3 is 1. The van der Waals surface area contributed by atoms with E-state index >= 15 is 0 Å². The van der Waals surface area contributed by atoms with Gasteiger partial charge in [0.25, 0.3) is 0 Å². The van der Waals surface area contributed by atoms with Gasteiger partial charge in [-0.1, -0.05) is 12.1 Å². The molecule has 0 aliphatic carbocycles. The molecule has 0 fully saturated rings. The normalized spacial score (nSPS) is 11.0. The minimum absolute atomic E-state index is 0.644. The lowest BCUT2D eigenvalue weighted by Crippen LogP contribution is -1.83. The van der Waals surface area contributed by atoms with Crippen LogP contribution in [-0.2, 0) is 0 Å². The quantitative estimate of drug-likeness (QED) is 0.574. The molecule has 4 rings (SSSR count). The van der Waals surface area contributed by atoms with Gasteiger partial charge in [0.1, 0.15) is 5.75 Å². The van der Waals surface area contributed by atoms with Crippen LogP contribution in [0.5, 0.6) is 5.75 Å². The Kier molecular flexibility index (Phi) is 2.36. The lowest BCUT2D eigenvalue weighted by molar-refractivity contribution is 0.419. The van der Waals surface area contributed by atoms with E-state index in [0.717, 1.165) is 38.3 Å². The van der Waals surface area contributed by atoms with Crippen molar-refractivity contribution in [3.63, 3.8) is 0 Å². The maximum absolute atomic E-state index is 9.48. The van der Waals surface area contributed by atoms with E-state index in [2.05, 4.69) is 16.0 Å². The molecule has 2 aromatic carbocycles. The Labute approximate surface area is 120 Å². The number of aromatic amines is 1. The number of fused-ring (bicyclic) bond motifs is 5. The van der Waals surface area contributed by atoms with Crippen LogP contribution in [0, 0.1) is 11.3 Å². The zero-order chi connectivity index (χ0) is 14.4. The molecule has 0 radical (unpaired) electrons. The first-order valence-corrected chi connectivity index (χ1v) is 6.58. The Morgan fingerprint density at radius 1 is 1.19 bits per heavy atom. The van der Waals surface area contributed by atoms with Crippen LogP contribution in [0.3, 0.4) is 0 Å². The van der Waals surface area contributed by atoms with Gasteiger partial charge in [-0.05, 0) is 18.2 Å². The molecule has 2 aromatic heterocycles. The molecule has 1 N–H and O–H groups in total. The number of hydrogen-bond donors (Lipinski definition) is 1. The van der Waals surface area contributed by atoms with Crippen molar-refractivity contribution in [2.75, 3.05) is 7.11 Å². The van der Waals surface area contributed by atoms with Crippen molar-refractivity contribution in [1.82, 2.24) is 9.97 Å². The number of H-pyrrole nitrogens is 1. The van der Waals surface area contributed by atoms with Crippen LogP contribution < -0.4 is 4.74 Å². The standard InChI is InChI=1S/C17H11N3O/c1-21-14-4-2-3-13-15-10(8-18)7-11-9-19-6-5-12(11)17(15)20-16(13)14/h2-7,9,20H,1H3. The average molecular weight is 273 g/mol. The molecule has 0 saturated heterocycles. The lowest BCUT2D eigenvalue weighted by Gasteiger charge is -2.01. The van der Waals surface area contributed by atoms with Gasteiger partial charge in [-0.2, -0.15) is 5.26 Å². The molecule has 0 amide bonds. The highest BCUT2D eigenvalue weighted by Gasteiger charge is 2.14. The molecule has 0 saturated carbocycles. The molecule has 4 nitrogen and oxygen atoms in total. The first-order chi connectivity index (χ1) is 10.3. The van der Waals surface area contributed by atoms with E-state index in [-0.39, 0.29) is 0 Å². The summed E-state index contributed by atoms with van der Waals surface area (Å²) >= 11 is 0. The third-order valence-electron chi connectivity index (χ3n) is 3.83. The molecule has 0 unspecified atom stereocenters. The van der Waals surface area contributed by atoms with E-state index in [4.69, 9.17) is 4.74 Å². The zero-order valence-electron chi connectivity index (χ0n) is 11.3. The summed E-state index contributed by atoms with van der Waals surface area (Å²) in [7, 11) is 1.65. The van der Waals surface area contributed by atoms with Crippen LogP contribution >= 0.6 is 0 Å². The van der Waals surface area contributed by atoms with Crippen LogP contribution in [0.1, 0.15) is 5.56 Å². The van der Waals surface area contributed by atoms with Gasteiger partial charge in [0, 0.05) is 33.9 Å². The summed E-state index contributed by atoms with van der Waals surface area (Å²) in [4.78, 5) is 7.55. The van der Waals surface area contributed by atoms with Crippen LogP contribution in [0.15, 0.2) is 42.7 Å². The van der Waals surface area contributed by atoms with E-state index < -0.39 is 0 Å². The number of nitrogens with one attached hydrogen (secondary N) is 1. The number of nitriles is 1. The molecule has 21 heavy (non-hydrogen) atoms. The zero-order valence-corrected chi connectivity index (χ0v) is 11.3. The molecule has 0 aliphatic heterocycles. The van der Waals surface area contributed by atoms with Crippen LogP contribution in [0.25, 0.3) is 32.6 Å². The van der Waals surface area contributed by atoms with Gasteiger partial charge in [-0.15, -0.1) is 0 Å². The molecule has 0 atom stereocenters. The van der Waals surface area contributed by atoms with E-state index in [9.17, 15) is 5.26 Å².